The maximum absolute atomic E-state index is 12.9. The quantitative estimate of drug-likeness (QED) is 0.499. The van der Waals surface area contributed by atoms with Gasteiger partial charge in [0.05, 0.1) is 11.4 Å². The molecule has 7 nitrogen and oxygen atoms in total. The third-order valence-electron chi connectivity index (χ3n) is 6.51. The minimum Gasteiger partial charge on any atom is -0.354 e. The Hall–Kier alpha value is -2.42. The first-order valence-corrected chi connectivity index (χ1v) is 14.1. The van der Waals surface area contributed by atoms with Crippen molar-refractivity contribution in [2.45, 2.75) is 64.2 Å². The van der Waals surface area contributed by atoms with Gasteiger partial charge in [-0.05, 0) is 72.6 Å². The van der Waals surface area contributed by atoms with Crippen molar-refractivity contribution >= 4 is 33.4 Å². The lowest BCUT2D eigenvalue weighted by Gasteiger charge is -2.22. The van der Waals surface area contributed by atoms with Crippen molar-refractivity contribution in [1.29, 1.82) is 0 Å². The van der Waals surface area contributed by atoms with Gasteiger partial charge in [0.1, 0.15) is 4.90 Å². The number of amides is 2. The topological polar surface area (TPSA) is 95.6 Å². The van der Waals surface area contributed by atoms with Crippen LogP contribution >= 0.6 is 11.6 Å². The van der Waals surface area contributed by atoms with Crippen LogP contribution in [0, 0.1) is 13.8 Å². The number of aryl methyl sites for hydroxylation is 2. The van der Waals surface area contributed by atoms with Gasteiger partial charge in [-0.1, -0.05) is 44.5 Å². The molecule has 36 heavy (non-hydrogen) atoms. The fourth-order valence-electron chi connectivity index (χ4n) is 4.32. The summed E-state index contributed by atoms with van der Waals surface area (Å²) < 4.78 is 27.2. The van der Waals surface area contributed by atoms with Crippen molar-refractivity contribution in [3.8, 4) is 0 Å². The molecule has 1 saturated heterocycles. The van der Waals surface area contributed by atoms with Crippen LogP contribution in [0.15, 0.2) is 35.2 Å². The molecule has 1 aliphatic heterocycles. The number of hydrogen-bond donors (Lipinski definition) is 2. The Morgan fingerprint density at radius 3 is 2.14 bits per heavy atom. The second-order valence-electron chi connectivity index (χ2n) is 10.4. The van der Waals surface area contributed by atoms with Gasteiger partial charge in [-0.25, -0.2) is 8.42 Å². The highest BCUT2D eigenvalue weighted by Crippen LogP contribution is 2.29. The normalized spacial score (nSPS) is 14.6. The van der Waals surface area contributed by atoms with Gasteiger partial charge >= 0.3 is 0 Å². The molecule has 2 amide bonds. The van der Waals surface area contributed by atoms with E-state index in [9.17, 15) is 18.0 Å². The number of nitrogens with zero attached hydrogens (tertiary/aromatic N) is 1. The van der Waals surface area contributed by atoms with Gasteiger partial charge < -0.3 is 10.6 Å². The van der Waals surface area contributed by atoms with Crippen molar-refractivity contribution in [1.82, 2.24) is 14.9 Å². The number of benzene rings is 2. The van der Waals surface area contributed by atoms with Crippen LogP contribution in [-0.4, -0.2) is 50.7 Å². The maximum atomic E-state index is 12.9. The zero-order valence-electron chi connectivity index (χ0n) is 21.7. The second-order valence-corrected chi connectivity index (χ2v) is 12.7. The number of carbonyl (C=O) groups is 2. The van der Waals surface area contributed by atoms with Crippen molar-refractivity contribution in [2.75, 3.05) is 26.2 Å². The molecule has 0 atom stereocenters. The monoisotopic (exact) mass is 533 g/mol. The molecule has 9 heteroatoms. The van der Waals surface area contributed by atoms with Crippen molar-refractivity contribution < 1.29 is 18.0 Å². The average molecular weight is 534 g/mol. The molecule has 2 aromatic carbocycles. The van der Waals surface area contributed by atoms with E-state index < -0.39 is 15.9 Å². The maximum Gasteiger partial charge on any atom is 0.251 e. The molecular formula is C27H36ClN3O4S. The Morgan fingerprint density at radius 2 is 1.56 bits per heavy atom. The zero-order chi connectivity index (χ0) is 26.7. The molecule has 1 heterocycles. The summed E-state index contributed by atoms with van der Waals surface area (Å²) in [6.07, 6.45) is 1.89. The number of nitrogens with one attached hydrogen (secondary N) is 2. The van der Waals surface area contributed by atoms with Gasteiger partial charge in [0, 0.05) is 31.7 Å². The van der Waals surface area contributed by atoms with E-state index in [0.717, 1.165) is 29.5 Å². The molecule has 2 aromatic rings. The highest BCUT2D eigenvalue weighted by Gasteiger charge is 2.29. The van der Waals surface area contributed by atoms with Gasteiger partial charge in [0.25, 0.3) is 5.91 Å². The van der Waals surface area contributed by atoms with E-state index in [0.29, 0.717) is 13.1 Å². The molecule has 0 aliphatic carbocycles. The lowest BCUT2D eigenvalue weighted by molar-refractivity contribution is -0.120. The summed E-state index contributed by atoms with van der Waals surface area (Å²) in [5.74, 6) is -0.548. The Balaban J connectivity index is 1.55. The molecule has 0 saturated carbocycles. The first kappa shape index (κ1) is 28.2. The standard InChI is InChI=1S/C27H36ClN3O4S/c1-18-14-21(27(3,4)5)15-19(2)22(18)17-25(32)29-10-11-30-26(33)20-8-9-23(28)24(16-20)36(34,35)31-12-6-7-13-31/h8-9,14-16H,6-7,10-13,17H2,1-5H3,(H,29,32)(H,30,33). The van der Waals surface area contributed by atoms with Crippen molar-refractivity contribution in [3.05, 3.63) is 63.2 Å². The van der Waals surface area contributed by atoms with Gasteiger partial charge in [0.15, 0.2) is 0 Å². The molecule has 196 valence electrons. The number of rotatable bonds is 8. The fraction of sp³-hybridized carbons (Fsp3) is 0.481. The number of sulfonamides is 1. The number of halogens is 1. The largest absolute Gasteiger partial charge is 0.354 e. The van der Waals surface area contributed by atoms with Crippen LogP contribution in [0.4, 0.5) is 0 Å². The van der Waals surface area contributed by atoms with Crippen LogP contribution in [0.5, 0.6) is 0 Å². The Morgan fingerprint density at radius 1 is 0.972 bits per heavy atom. The summed E-state index contributed by atoms with van der Waals surface area (Å²) in [6, 6.07) is 8.51. The van der Waals surface area contributed by atoms with Crippen LogP contribution in [-0.2, 0) is 26.7 Å². The third-order valence-corrected chi connectivity index (χ3v) is 8.89. The smallest absolute Gasteiger partial charge is 0.251 e. The van der Waals surface area contributed by atoms with Crippen LogP contribution < -0.4 is 10.6 Å². The minimum absolute atomic E-state index is 0.0394. The van der Waals surface area contributed by atoms with E-state index in [1.165, 1.54) is 28.1 Å². The highest BCUT2D eigenvalue weighted by atomic mass is 35.5. The zero-order valence-corrected chi connectivity index (χ0v) is 23.3. The lowest BCUT2D eigenvalue weighted by atomic mass is 9.83. The molecular weight excluding hydrogens is 498 g/mol. The van der Waals surface area contributed by atoms with Crippen LogP contribution in [0.1, 0.15) is 66.2 Å². The highest BCUT2D eigenvalue weighted by molar-refractivity contribution is 7.89. The summed E-state index contributed by atoms with van der Waals surface area (Å²) in [7, 11) is -3.75. The Labute approximate surface area is 219 Å². The van der Waals surface area contributed by atoms with Gasteiger partial charge in [-0.3, -0.25) is 9.59 Å². The molecule has 0 spiro atoms. The van der Waals surface area contributed by atoms with E-state index in [4.69, 9.17) is 11.6 Å². The third kappa shape index (κ3) is 6.66. The van der Waals surface area contributed by atoms with E-state index in [1.807, 2.05) is 13.8 Å². The van der Waals surface area contributed by atoms with Gasteiger partial charge in [0.2, 0.25) is 15.9 Å². The van der Waals surface area contributed by atoms with Gasteiger partial charge in [-0.2, -0.15) is 4.31 Å². The summed E-state index contributed by atoms with van der Waals surface area (Å²) in [4.78, 5) is 25.1. The fourth-order valence-corrected chi connectivity index (χ4v) is 6.34. The van der Waals surface area contributed by atoms with E-state index >= 15 is 0 Å². The summed E-state index contributed by atoms with van der Waals surface area (Å²) in [5.41, 5.74) is 4.67. The SMILES string of the molecule is Cc1cc(C(C)(C)C)cc(C)c1CC(=O)NCCNC(=O)c1ccc(Cl)c(S(=O)(=O)N2CCCC2)c1. The molecule has 0 bridgehead atoms. The van der Waals surface area contributed by atoms with Crippen LogP contribution in [0.2, 0.25) is 5.02 Å². The first-order chi connectivity index (χ1) is 16.8. The molecule has 0 unspecified atom stereocenters. The Kier molecular flexibility index (Phi) is 8.85. The van der Waals surface area contributed by atoms with Crippen molar-refractivity contribution in [3.63, 3.8) is 0 Å². The summed E-state index contributed by atoms with van der Waals surface area (Å²) in [6.45, 7) is 11.9. The predicted octanol–water partition coefficient (Wildman–Crippen LogP) is 4.13. The van der Waals surface area contributed by atoms with E-state index in [-0.39, 0.29) is 46.3 Å². The van der Waals surface area contributed by atoms with E-state index in [1.54, 1.807) is 0 Å². The molecule has 3 rings (SSSR count). The lowest BCUT2D eigenvalue weighted by Crippen LogP contribution is -2.35. The Bertz CT molecular complexity index is 1220. The second kappa shape index (κ2) is 11.3. The molecule has 2 N–H and O–H groups in total. The molecule has 0 radical (unpaired) electrons. The average Bonchev–Trinajstić information content (AvgIpc) is 3.34. The van der Waals surface area contributed by atoms with Crippen molar-refractivity contribution in [2.24, 2.45) is 0 Å². The van der Waals surface area contributed by atoms with E-state index in [2.05, 4.69) is 43.5 Å². The molecule has 0 aromatic heterocycles. The molecule has 1 aliphatic rings. The number of hydrogen-bond acceptors (Lipinski definition) is 4. The summed E-state index contributed by atoms with van der Waals surface area (Å²) >= 11 is 6.16. The minimum atomic E-state index is -3.75. The first-order valence-electron chi connectivity index (χ1n) is 12.3. The molecule has 1 fully saturated rings. The number of carbonyl (C=O) groups excluding carboxylic acids is 2. The van der Waals surface area contributed by atoms with Gasteiger partial charge in [-0.15, -0.1) is 0 Å². The summed E-state index contributed by atoms with van der Waals surface area (Å²) in [5, 5.41) is 5.66. The van der Waals surface area contributed by atoms with Crippen LogP contribution in [0.3, 0.4) is 0 Å². The van der Waals surface area contributed by atoms with Crippen LogP contribution in [0.25, 0.3) is 0 Å². The predicted molar refractivity (Wildman–Crippen MR) is 143 cm³/mol.